The molecular weight excluding hydrogens is 596 g/mol. The Kier molecular flexibility index (Phi) is 11.4. The Bertz CT molecular complexity index is 1510. The van der Waals surface area contributed by atoms with Crippen LogP contribution in [0.1, 0.15) is 27.7 Å². The average Bonchev–Trinajstić information content (AvgIpc) is 3.75. The van der Waals surface area contributed by atoms with E-state index in [1.54, 1.807) is 34.8 Å². The van der Waals surface area contributed by atoms with E-state index in [1.807, 2.05) is 49.2 Å². The fraction of sp³-hybridized carbons (Fsp3) is 0.438. The number of ether oxygens (including phenoxy) is 2. The van der Waals surface area contributed by atoms with Crippen LogP contribution in [-0.2, 0) is 22.5 Å². The molecular formula is C32H40N6O6S. The van der Waals surface area contributed by atoms with E-state index in [9.17, 15) is 14.7 Å². The van der Waals surface area contributed by atoms with Gasteiger partial charge in [-0.2, -0.15) is 4.98 Å². The molecule has 240 valence electrons. The lowest BCUT2D eigenvalue weighted by atomic mass is 10.0. The minimum absolute atomic E-state index is 0.00589. The Morgan fingerprint density at radius 2 is 1.98 bits per heavy atom. The zero-order chi connectivity index (χ0) is 31.6. The minimum Gasteiger partial charge on any atom is -0.444 e. The highest BCUT2D eigenvalue weighted by Crippen LogP contribution is 2.23. The molecule has 1 aliphatic rings. The maximum Gasteiger partial charge on any atom is 0.407 e. The summed E-state index contributed by atoms with van der Waals surface area (Å²) in [4.78, 5) is 41.9. The minimum atomic E-state index is -1.09. The first-order chi connectivity index (χ1) is 21.9. The van der Waals surface area contributed by atoms with E-state index < -0.39 is 18.2 Å². The number of rotatable bonds is 14. The first-order valence-electron chi connectivity index (χ1n) is 15.1. The molecule has 3 heterocycles. The molecule has 0 unspecified atom stereocenters. The number of thiazole rings is 1. The summed E-state index contributed by atoms with van der Waals surface area (Å²) in [5.74, 6) is -0.253. The molecule has 0 spiro atoms. The molecule has 2 atom stereocenters. The fourth-order valence-electron chi connectivity index (χ4n) is 5.04. The van der Waals surface area contributed by atoms with Gasteiger partial charge in [0.25, 0.3) is 11.9 Å². The predicted molar refractivity (Wildman–Crippen MR) is 171 cm³/mol. The number of nitrogens with zero attached hydrogens (tertiary/aromatic N) is 5. The summed E-state index contributed by atoms with van der Waals surface area (Å²) in [6.07, 6.45) is 0.248. The molecule has 2 amide bonds. The molecule has 0 bridgehead atoms. The SMILES string of the molecule is CCN(C)c1nc2ccc(C(=O)N(CCN3CCOCC3)C[C@@H](O)[C@H](Cc3ccccc3)NC(=O)OCc3cncs3)cc2o1. The molecule has 2 aromatic heterocycles. The number of hydrogen-bond acceptors (Lipinski definition) is 11. The number of benzene rings is 2. The standard InChI is InChI=1S/C32H40N6O6S/c1-3-36(2)31-34-26-10-9-24(18-29(26)44-31)30(40)38(12-11-37-13-15-42-16-14-37)20-28(39)27(17-23-7-5-4-6-8-23)35-32(41)43-21-25-19-33-22-45-25/h4-10,18-19,22,27-28,39H,3,11-17,20-21H2,1-2H3,(H,35,41)/t27-,28+/m0/s1. The number of anilines is 1. The number of aliphatic hydroxyl groups is 1. The Hall–Kier alpha value is -4.04. The first-order valence-corrected chi connectivity index (χ1v) is 16.0. The van der Waals surface area contributed by atoms with Gasteiger partial charge in [-0.05, 0) is 37.1 Å². The summed E-state index contributed by atoms with van der Waals surface area (Å²) in [7, 11) is 1.89. The molecule has 45 heavy (non-hydrogen) atoms. The van der Waals surface area contributed by atoms with Gasteiger partial charge in [-0.15, -0.1) is 11.3 Å². The van der Waals surface area contributed by atoms with Crippen molar-refractivity contribution in [2.24, 2.45) is 0 Å². The number of fused-ring (bicyclic) bond motifs is 1. The van der Waals surface area contributed by atoms with E-state index in [0.717, 1.165) is 30.1 Å². The lowest BCUT2D eigenvalue weighted by molar-refractivity contribution is 0.0260. The van der Waals surface area contributed by atoms with Crippen LogP contribution in [0.4, 0.5) is 10.8 Å². The highest BCUT2D eigenvalue weighted by molar-refractivity contribution is 7.09. The van der Waals surface area contributed by atoms with Gasteiger partial charge in [0, 0.05) is 58.1 Å². The van der Waals surface area contributed by atoms with Crippen molar-refractivity contribution < 1.29 is 28.6 Å². The second kappa shape index (κ2) is 15.8. The molecule has 1 saturated heterocycles. The molecule has 0 saturated carbocycles. The van der Waals surface area contributed by atoms with Crippen molar-refractivity contribution in [1.29, 1.82) is 0 Å². The van der Waals surface area contributed by atoms with Crippen LogP contribution in [0, 0.1) is 0 Å². The number of amides is 2. The van der Waals surface area contributed by atoms with Crippen LogP contribution in [0.15, 0.2) is 64.7 Å². The molecule has 5 rings (SSSR count). The third-order valence-corrected chi connectivity index (χ3v) is 8.56. The first kappa shape index (κ1) is 32.4. The molecule has 1 fully saturated rings. The van der Waals surface area contributed by atoms with Crippen molar-refractivity contribution in [1.82, 2.24) is 25.1 Å². The monoisotopic (exact) mass is 636 g/mol. The van der Waals surface area contributed by atoms with Crippen LogP contribution in [0.5, 0.6) is 0 Å². The molecule has 2 N–H and O–H groups in total. The number of carbonyl (C=O) groups is 2. The smallest absolute Gasteiger partial charge is 0.407 e. The quantitative estimate of drug-likeness (QED) is 0.212. The van der Waals surface area contributed by atoms with E-state index >= 15 is 0 Å². The van der Waals surface area contributed by atoms with Crippen molar-refractivity contribution in [3.63, 3.8) is 0 Å². The average molecular weight is 637 g/mol. The third kappa shape index (κ3) is 9.01. The second-order valence-corrected chi connectivity index (χ2v) is 11.9. The summed E-state index contributed by atoms with van der Waals surface area (Å²) >= 11 is 1.39. The molecule has 12 nitrogen and oxygen atoms in total. The number of morpholine rings is 1. The molecule has 0 radical (unpaired) electrons. The number of alkyl carbamates (subject to hydrolysis) is 1. The molecule has 13 heteroatoms. The van der Waals surface area contributed by atoms with Crippen molar-refractivity contribution in [2.45, 2.75) is 32.1 Å². The highest BCUT2D eigenvalue weighted by Gasteiger charge is 2.28. The highest BCUT2D eigenvalue weighted by atomic mass is 32.1. The largest absolute Gasteiger partial charge is 0.444 e. The lowest BCUT2D eigenvalue weighted by Gasteiger charge is -2.33. The van der Waals surface area contributed by atoms with Crippen LogP contribution in [0.25, 0.3) is 11.1 Å². The van der Waals surface area contributed by atoms with Crippen molar-refractivity contribution in [3.8, 4) is 0 Å². The van der Waals surface area contributed by atoms with E-state index in [1.165, 1.54) is 11.3 Å². The Morgan fingerprint density at radius 1 is 1.18 bits per heavy atom. The van der Waals surface area contributed by atoms with Gasteiger partial charge in [0.15, 0.2) is 5.58 Å². The molecule has 4 aromatic rings. The number of oxazole rings is 1. The number of carbonyl (C=O) groups excluding carboxylic acids is 2. The summed E-state index contributed by atoms with van der Waals surface area (Å²) in [6, 6.07) is 14.5. The van der Waals surface area contributed by atoms with Gasteiger partial charge in [0.1, 0.15) is 12.1 Å². The van der Waals surface area contributed by atoms with E-state index in [-0.39, 0.29) is 19.1 Å². The second-order valence-electron chi connectivity index (χ2n) is 11.0. The summed E-state index contributed by atoms with van der Waals surface area (Å²) in [5, 5.41) is 14.4. The maximum absolute atomic E-state index is 14.0. The number of nitrogens with one attached hydrogen (secondary N) is 1. The number of aliphatic hydroxyl groups excluding tert-OH is 1. The van der Waals surface area contributed by atoms with Crippen LogP contribution < -0.4 is 10.2 Å². The van der Waals surface area contributed by atoms with Crippen molar-refractivity contribution >= 4 is 40.5 Å². The van der Waals surface area contributed by atoms with Crippen LogP contribution in [-0.4, -0.2) is 109 Å². The van der Waals surface area contributed by atoms with Gasteiger partial charge in [-0.3, -0.25) is 14.7 Å². The van der Waals surface area contributed by atoms with E-state index in [4.69, 9.17) is 13.9 Å². The van der Waals surface area contributed by atoms with Gasteiger partial charge in [-0.1, -0.05) is 30.3 Å². The molecule has 0 aliphatic carbocycles. The zero-order valence-corrected chi connectivity index (χ0v) is 26.4. The molecule has 1 aliphatic heterocycles. The Labute approximate surface area is 266 Å². The van der Waals surface area contributed by atoms with Crippen molar-refractivity contribution in [3.05, 3.63) is 76.2 Å². The third-order valence-electron chi connectivity index (χ3n) is 7.80. The van der Waals surface area contributed by atoms with Gasteiger partial charge >= 0.3 is 6.09 Å². The fourth-order valence-corrected chi connectivity index (χ4v) is 5.54. The number of hydrogen-bond donors (Lipinski definition) is 2. The molecule has 2 aromatic carbocycles. The Morgan fingerprint density at radius 3 is 2.71 bits per heavy atom. The van der Waals surface area contributed by atoms with Gasteiger partial charge in [0.2, 0.25) is 0 Å². The van der Waals surface area contributed by atoms with Crippen LogP contribution >= 0.6 is 11.3 Å². The maximum atomic E-state index is 14.0. The summed E-state index contributed by atoms with van der Waals surface area (Å²) in [6.45, 7) is 6.61. The van der Waals surface area contributed by atoms with E-state index in [0.29, 0.717) is 55.4 Å². The van der Waals surface area contributed by atoms with Crippen LogP contribution in [0.3, 0.4) is 0 Å². The van der Waals surface area contributed by atoms with Crippen LogP contribution in [0.2, 0.25) is 0 Å². The van der Waals surface area contributed by atoms with Gasteiger partial charge in [0.05, 0.1) is 35.7 Å². The van der Waals surface area contributed by atoms with Gasteiger partial charge in [-0.25, -0.2) is 4.79 Å². The lowest BCUT2D eigenvalue weighted by Crippen LogP contribution is -2.52. The van der Waals surface area contributed by atoms with Gasteiger partial charge < -0.3 is 34.1 Å². The summed E-state index contributed by atoms with van der Waals surface area (Å²) in [5.41, 5.74) is 4.20. The topological polar surface area (TPSA) is 134 Å². The predicted octanol–water partition coefficient (Wildman–Crippen LogP) is 3.41. The normalized spacial score (nSPS) is 15.0. The number of aromatic nitrogens is 2. The van der Waals surface area contributed by atoms with E-state index in [2.05, 4.69) is 20.2 Å². The summed E-state index contributed by atoms with van der Waals surface area (Å²) < 4.78 is 16.8. The Balaban J connectivity index is 1.34. The van der Waals surface area contributed by atoms with Crippen molar-refractivity contribution in [2.75, 3.05) is 64.4 Å². The zero-order valence-electron chi connectivity index (χ0n) is 25.6.